The van der Waals surface area contributed by atoms with Crippen LogP contribution in [0.25, 0.3) is 22.2 Å². The van der Waals surface area contributed by atoms with E-state index in [9.17, 15) is 4.79 Å². The lowest BCUT2D eigenvalue weighted by atomic mass is 10.0. The molecule has 6 heteroatoms. The van der Waals surface area contributed by atoms with Crippen LogP contribution in [0.1, 0.15) is 54.6 Å². The summed E-state index contributed by atoms with van der Waals surface area (Å²) < 4.78 is 7.56. The largest absolute Gasteiger partial charge is 0.379 e. The molecule has 3 aromatic rings. The number of hydrogen-bond acceptors (Lipinski definition) is 5. The van der Waals surface area contributed by atoms with E-state index in [0.717, 1.165) is 73.4 Å². The lowest BCUT2D eigenvalue weighted by Crippen LogP contribution is -2.35. The third-order valence-corrected chi connectivity index (χ3v) is 6.40. The number of pyridine rings is 1. The number of ether oxygens (including phenoxy) is 1. The Labute approximate surface area is 176 Å². The minimum atomic E-state index is 0.0664. The third kappa shape index (κ3) is 3.77. The van der Waals surface area contributed by atoms with Crippen LogP contribution in [0, 0.1) is 0 Å². The van der Waals surface area contributed by atoms with Gasteiger partial charge in [0.15, 0.2) is 5.78 Å². The molecule has 0 unspecified atom stereocenters. The molecule has 0 N–H and O–H groups in total. The maximum absolute atomic E-state index is 12.4. The average Bonchev–Trinajstić information content (AvgIpc) is 3.44. The lowest BCUT2D eigenvalue weighted by molar-refractivity contribution is 0.0341. The number of Topliss-reactive ketones (excluding diaryl/α,β-unsaturated/α-hetero) is 1. The summed E-state index contributed by atoms with van der Waals surface area (Å²) in [6, 6.07) is 8.76. The number of nitrogens with zero attached hydrogens (tertiary/aromatic N) is 4. The molecule has 0 spiro atoms. The van der Waals surface area contributed by atoms with Gasteiger partial charge in [-0.3, -0.25) is 19.4 Å². The summed E-state index contributed by atoms with van der Waals surface area (Å²) in [6.07, 6.45) is 8.62. The van der Waals surface area contributed by atoms with Gasteiger partial charge in [0, 0.05) is 42.3 Å². The van der Waals surface area contributed by atoms with Gasteiger partial charge < -0.3 is 4.74 Å². The summed E-state index contributed by atoms with van der Waals surface area (Å²) in [6.45, 7) is 6.05. The number of benzene rings is 1. The van der Waals surface area contributed by atoms with Crippen molar-refractivity contribution in [3.63, 3.8) is 0 Å². The molecule has 0 atom stereocenters. The summed E-state index contributed by atoms with van der Waals surface area (Å²) in [5, 5.41) is 5.61. The van der Waals surface area contributed by atoms with Crippen molar-refractivity contribution in [2.24, 2.45) is 0 Å². The van der Waals surface area contributed by atoms with Crippen LogP contribution >= 0.6 is 0 Å². The van der Waals surface area contributed by atoms with Gasteiger partial charge in [-0.05, 0) is 43.5 Å². The van der Waals surface area contributed by atoms with Crippen molar-refractivity contribution in [2.75, 3.05) is 26.3 Å². The molecule has 1 aliphatic carbocycles. The zero-order valence-corrected chi connectivity index (χ0v) is 17.5. The molecule has 1 aliphatic heterocycles. The topological polar surface area (TPSA) is 60.3 Å². The Morgan fingerprint density at radius 2 is 1.93 bits per heavy atom. The fraction of sp³-hybridized carbons (Fsp3) is 0.458. The molecule has 156 valence electrons. The van der Waals surface area contributed by atoms with Crippen molar-refractivity contribution in [3.8, 4) is 11.3 Å². The first-order valence-electron chi connectivity index (χ1n) is 11.0. The van der Waals surface area contributed by atoms with Crippen LogP contribution in [0.3, 0.4) is 0 Å². The van der Waals surface area contributed by atoms with Crippen LogP contribution in [0.4, 0.5) is 0 Å². The van der Waals surface area contributed by atoms with Gasteiger partial charge in [-0.1, -0.05) is 18.9 Å². The Kier molecular flexibility index (Phi) is 5.35. The maximum atomic E-state index is 12.4. The van der Waals surface area contributed by atoms with E-state index in [1.807, 2.05) is 18.5 Å². The molecule has 2 aliphatic rings. The van der Waals surface area contributed by atoms with E-state index < -0.39 is 0 Å². The maximum Gasteiger partial charge on any atom is 0.160 e. The Hall–Kier alpha value is -2.57. The number of aromatic nitrogens is 3. The predicted molar refractivity (Wildman–Crippen MR) is 117 cm³/mol. The second-order valence-electron chi connectivity index (χ2n) is 8.48. The van der Waals surface area contributed by atoms with Gasteiger partial charge in [0.25, 0.3) is 0 Å². The number of fused-ring (bicyclic) bond motifs is 1. The molecule has 0 bridgehead atoms. The molecule has 1 saturated heterocycles. The molecular weight excluding hydrogens is 376 g/mol. The van der Waals surface area contributed by atoms with E-state index in [0.29, 0.717) is 6.04 Å². The van der Waals surface area contributed by atoms with Crippen molar-refractivity contribution >= 4 is 16.7 Å². The molecule has 3 heterocycles. The summed E-state index contributed by atoms with van der Waals surface area (Å²) in [5.74, 6) is 0.0664. The molecule has 0 amide bonds. The number of carbonyl (C=O) groups is 1. The fourth-order valence-electron chi connectivity index (χ4n) is 4.73. The number of rotatable bonds is 5. The minimum Gasteiger partial charge on any atom is -0.379 e. The van der Waals surface area contributed by atoms with E-state index in [1.165, 1.54) is 18.4 Å². The number of hydrogen-bond donors (Lipinski definition) is 0. The van der Waals surface area contributed by atoms with E-state index in [-0.39, 0.29) is 5.78 Å². The summed E-state index contributed by atoms with van der Waals surface area (Å²) in [5.41, 5.74) is 4.84. The Bertz CT molecular complexity index is 1050. The number of carbonyl (C=O) groups excluding carboxylic acids is 1. The van der Waals surface area contributed by atoms with Crippen LogP contribution in [0.2, 0.25) is 0 Å². The SMILES string of the molecule is CC(=O)c1cc(-c2ccc(CN3CCOCC3)cn2)cc2c1cnn2C1CCCC1. The summed E-state index contributed by atoms with van der Waals surface area (Å²) in [7, 11) is 0. The Morgan fingerprint density at radius 1 is 1.13 bits per heavy atom. The predicted octanol–water partition coefficient (Wildman–Crippen LogP) is 4.25. The fourth-order valence-corrected chi connectivity index (χ4v) is 4.73. The zero-order valence-electron chi connectivity index (χ0n) is 17.5. The van der Waals surface area contributed by atoms with Crippen molar-refractivity contribution in [1.82, 2.24) is 19.7 Å². The zero-order chi connectivity index (χ0) is 20.5. The van der Waals surface area contributed by atoms with Gasteiger partial charge in [-0.15, -0.1) is 0 Å². The quantitative estimate of drug-likeness (QED) is 0.595. The van der Waals surface area contributed by atoms with E-state index in [1.54, 1.807) is 6.92 Å². The highest BCUT2D eigenvalue weighted by molar-refractivity contribution is 6.07. The summed E-state index contributed by atoms with van der Waals surface area (Å²) in [4.78, 5) is 19.5. The molecule has 30 heavy (non-hydrogen) atoms. The Morgan fingerprint density at radius 3 is 2.63 bits per heavy atom. The molecule has 0 radical (unpaired) electrons. The van der Waals surface area contributed by atoms with Crippen molar-refractivity contribution in [3.05, 3.63) is 47.8 Å². The highest BCUT2D eigenvalue weighted by atomic mass is 16.5. The first kappa shape index (κ1) is 19.4. The second-order valence-corrected chi connectivity index (χ2v) is 8.48. The standard InChI is InChI=1S/C24H28N4O2/c1-17(29)21-12-19(13-24-22(21)15-26-28(24)20-4-2-3-5-20)23-7-6-18(14-25-23)16-27-8-10-30-11-9-27/h6-7,12-15,20H,2-5,8-11,16H2,1H3. The first-order valence-corrected chi connectivity index (χ1v) is 11.0. The van der Waals surface area contributed by atoms with Gasteiger partial charge in [0.2, 0.25) is 0 Å². The van der Waals surface area contributed by atoms with E-state index >= 15 is 0 Å². The van der Waals surface area contributed by atoms with Crippen LogP contribution in [-0.2, 0) is 11.3 Å². The average molecular weight is 405 g/mol. The van der Waals surface area contributed by atoms with E-state index in [2.05, 4.69) is 32.9 Å². The van der Waals surface area contributed by atoms with Crippen LogP contribution in [-0.4, -0.2) is 51.8 Å². The van der Waals surface area contributed by atoms with Crippen molar-refractivity contribution in [1.29, 1.82) is 0 Å². The van der Waals surface area contributed by atoms with Crippen molar-refractivity contribution < 1.29 is 9.53 Å². The van der Waals surface area contributed by atoms with Gasteiger partial charge in [0.1, 0.15) is 0 Å². The van der Waals surface area contributed by atoms with Gasteiger partial charge >= 0.3 is 0 Å². The normalized spacial score (nSPS) is 18.3. The molecular formula is C24H28N4O2. The molecule has 2 fully saturated rings. The van der Waals surface area contributed by atoms with Gasteiger partial charge in [-0.2, -0.15) is 5.10 Å². The smallest absolute Gasteiger partial charge is 0.160 e. The third-order valence-electron chi connectivity index (χ3n) is 6.40. The Balaban J connectivity index is 1.48. The number of ketones is 1. The molecule has 6 nitrogen and oxygen atoms in total. The monoisotopic (exact) mass is 404 g/mol. The molecule has 1 saturated carbocycles. The lowest BCUT2D eigenvalue weighted by Gasteiger charge is -2.26. The van der Waals surface area contributed by atoms with E-state index in [4.69, 9.17) is 9.72 Å². The van der Waals surface area contributed by atoms with Crippen LogP contribution in [0.5, 0.6) is 0 Å². The van der Waals surface area contributed by atoms with Gasteiger partial charge in [0.05, 0.1) is 36.7 Å². The van der Waals surface area contributed by atoms with Gasteiger partial charge in [-0.25, -0.2) is 0 Å². The van der Waals surface area contributed by atoms with Crippen molar-refractivity contribution in [2.45, 2.75) is 45.2 Å². The first-order chi connectivity index (χ1) is 14.7. The van der Waals surface area contributed by atoms with Crippen LogP contribution < -0.4 is 0 Å². The molecule has 1 aromatic carbocycles. The second kappa shape index (κ2) is 8.28. The number of morpholine rings is 1. The minimum absolute atomic E-state index is 0.0664. The van der Waals surface area contributed by atoms with Crippen LogP contribution in [0.15, 0.2) is 36.7 Å². The summed E-state index contributed by atoms with van der Waals surface area (Å²) >= 11 is 0. The highest BCUT2D eigenvalue weighted by Gasteiger charge is 2.22. The highest BCUT2D eigenvalue weighted by Crippen LogP contribution is 2.34. The molecule has 2 aromatic heterocycles. The molecule has 5 rings (SSSR count).